The molecule has 0 bridgehead atoms. The molecule has 0 saturated heterocycles. The van der Waals surface area contributed by atoms with Crippen molar-refractivity contribution in [2.75, 3.05) is 12.4 Å². The number of pyridine rings is 1. The van der Waals surface area contributed by atoms with Crippen LogP contribution in [0.25, 0.3) is 11.3 Å². The van der Waals surface area contributed by atoms with Gasteiger partial charge in [-0.1, -0.05) is 6.07 Å². The Bertz CT molecular complexity index is 787. The molecular formula is C16H13N3O2S. The summed E-state index contributed by atoms with van der Waals surface area (Å²) in [6.45, 7) is 0. The number of thiazole rings is 1. The zero-order valence-corrected chi connectivity index (χ0v) is 12.6. The topological polar surface area (TPSA) is 64.1 Å². The first kappa shape index (κ1) is 14.2. The van der Waals surface area contributed by atoms with Crippen molar-refractivity contribution in [3.8, 4) is 11.3 Å². The van der Waals surface area contributed by atoms with Crippen LogP contribution in [0.4, 0.5) is 10.8 Å². The molecule has 0 unspecified atom stereocenters. The monoisotopic (exact) mass is 311 g/mol. The molecule has 22 heavy (non-hydrogen) atoms. The number of ether oxygens (including phenoxy) is 1. The molecule has 2 aromatic heterocycles. The number of esters is 1. The molecule has 1 N–H and O–H groups in total. The maximum absolute atomic E-state index is 11.5. The first-order valence-electron chi connectivity index (χ1n) is 6.57. The molecule has 110 valence electrons. The number of aromatic nitrogens is 2. The molecule has 0 saturated carbocycles. The van der Waals surface area contributed by atoms with Crippen molar-refractivity contribution in [3.63, 3.8) is 0 Å². The van der Waals surface area contributed by atoms with Crippen LogP contribution in [0.2, 0.25) is 0 Å². The average molecular weight is 311 g/mol. The Kier molecular flexibility index (Phi) is 4.11. The average Bonchev–Trinajstić information content (AvgIpc) is 3.03. The maximum Gasteiger partial charge on any atom is 0.337 e. The maximum atomic E-state index is 11.5. The highest BCUT2D eigenvalue weighted by molar-refractivity contribution is 7.14. The van der Waals surface area contributed by atoms with E-state index in [9.17, 15) is 4.79 Å². The number of nitrogens with one attached hydrogen (secondary N) is 1. The van der Waals surface area contributed by atoms with E-state index in [4.69, 9.17) is 4.74 Å². The van der Waals surface area contributed by atoms with Gasteiger partial charge in [0.15, 0.2) is 5.13 Å². The third kappa shape index (κ3) is 3.12. The number of nitrogens with zero attached hydrogens (tertiary/aromatic N) is 2. The van der Waals surface area contributed by atoms with Crippen LogP contribution in [0.15, 0.2) is 54.2 Å². The highest BCUT2D eigenvalue weighted by Gasteiger charge is 2.08. The number of rotatable bonds is 4. The predicted octanol–water partition coefficient (Wildman–Crippen LogP) is 3.74. The lowest BCUT2D eigenvalue weighted by molar-refractivity contribution is 0.0601. The zero-order chi connectivity index (χ0) is 15.4. The number of carbonyl (C=O) groups is 1. The standard InChI is InChI=1S/C16H13N3O2S/c1-21-15(20)11-4-2-6-13(8-11)18-16-19-14(10-22-16)12-5-3-7-17-9-12/h2-10H,1H3,(H,18,19). The summed E-state index contributed by atoms with van der Waals surface area (Å²) in [5, 5.41) is 5.91. The van der Waals surface area contributed by atoms with Gasteiger partial charge in [-0.25, -0.2) is 9.78 Å². The molecule has 0 aliphatic heterocycles. The Morgan fingerprint density at radius 1 is 1.27 bits per heavy atom. The van der Waals surface area contributed by atoms with Crippen LogP contribution in [0.3, 0.4) is 0 Å². The third-order valence-corrected chi connectivity index (χ3v) is 3.75. The van der Waals surface area contributed by atoms with Crippen molar-refractivity contribution in [3.05, 3.63) is 59.7 Å². The van der Waals surface area contributed by atoms with Crippen molar-refractivity contribution < 1.29 is 9.53 Å². The summed E-state index contributed by atoms with van der Waals surface area (Å²) in [6.07, 6.45) is 3.50. The van der Waals surface area contributed by atoms with Gasteiger partial charge in [-0.3, -0.25) is 4.98 Å². The predicted molar refractivity (Wildman–Crippen MR) is 86.4 cm³/mol. The van der Waals surface area contributed by atoms with E-state index in [0.717, 1.165) is 22.1 Å². The quantitative estimate of drug-likeness (QED) is 0.744. The molecule has 3 aromatic rings. The fourth-order valence-electron chi connectivity index (χ4n) is 1.94. The molecule has 0 spiro atoms. The van der Waals surface area contributed by atoms with Gasteiger partial charge in [-0.2, -0.15) is 0 Å². The van der Waals surface area contributed by atoms with Crippen molar-refractivity contribution in [1.29, 1.82) is 0 Å². The molecule has 0 atom stereocenters. The molecule has 0 amide bonds. The van der Waals surface area contributed by atoms with Gasteiger partial charge in [0.2, 0.25) is 0 Å². The number of hydrogen-bond acceptors (Lipinski definition) is 6. The second-order valence-corrected chi connectivity index (χ2v) is 5.34. The van der Waals surface area contributed by atoms with E-state index < -0.39 is 0 Å². The van der Waals surface area contributed by atoms with Gasteiger partial charge in [-0.15, -0.1) is 11.3 Å². The second kappa shape index (κ2) is 6.36. The van der Waals surface area contributed by atoms with E-state index in [1.165, 1.54) is 18.4 Å². The molecule has 3 rings (SSSR count). The first-order chi connectivity index (χ1) is 10.8. The largest absolute Gasteiger partial charge is 0.465 e. The first-order valence-corrected chi connectivity index (χ1v) is 7.45. The highest BCUT2D eigenvalue weighted by atomic mass is 32.1. The summed E-state index contributed by atoms with van der Waals surface area (Å²) in [4.78, 5) is 20.1. The normalized spacial score (nSPS) is 10.2. The van der Waals surface area contributed by atoms with Crippen LogP contribution < -0.4 is 5.32 Å². The molecule has 0 aliphatic carbocycles. The van der Waals surface area contributed by atoms with Gasteiger partial charge in [0.25, 0.3) is 0 Å². The van der Waals surface area contributed by atoms with Gasteiger partial charge in [0.1, 0.15) is 0 Å². The van der Waals surface area contributed by atoms with Crippen LogP contribution in [0, 0.1) is 0 Å². The lowest BCUT2D eigenvalue weighted by Gasteiger charge is -2.04. The molecule has 0 fully saturated rings. The number of methoxy groups -OCH3 is 1. The smallest absolute Gasteiger partial charge is 0.337 e. The number of benzene rings is 1. The second-order valence-electron chi connectivity index (χ2n) is 4.48. The SMILES string of the molecule is COC(=O)c1cccc(Nc2nc(-c3cccnc3)cs2)c1. The van der Waals surface area contributed by atoms with Crippen molar-refractivity contribution >= 4 is 28.1 Å². The van der Waals surface area contributed by atoms with Crippen molar-refractivity contribution in [1.82, 2.24) is 9.97 Å². The van der Waals surface area contributed by atoms with E-state index in [1.54, 1.807) is 30.6 Å². The Morgan fingerprint density at radius 2 is 2.18 bits per heavy atom. The fraction of sp³-hybridized carbons (Fsp3) is 0.0625. The number of hydrogen-bond donors (Lipinski definition) is 1. The minimum atomic E-state index is -0.362. The van der Waals surface area contributed by atoms with Gasteiger partial charge in [0, 0.05) is 29.0 Å². The Morgan fingerprint density at radius 3 is 2.95 bits per heavy atom. The molecule has 1 aromatic carbocycles. The molecular weight excluding hydrogens is 298 g/mol. The minimum absolute atomic E-state index is 0.362. The summed E-state index contributed by atoms with van der Waals surface area (Å²) in [5.41, 5.74) is 3.12. The molecule has 5 nitrogen and oxygen atoms in total. The summed E-state index contributed by atoms with van der Waals surface area (Å²) < 4.78 is 4.72. The third-order valence-electron chi connectivity index (χ3n) is 3.00. The Hall–Kier alpha value is -2.73. The Labute approximate surface area is 131 Å². The lowest BCUT2D eigenvalue weighted by Crippen LogP contribution is -2.01. The molecule has 6 heteroatoms. The van der Waals surface area contributed by atoms with Crippen LogP contribution in [-0.4, -0.2) is 23.0 Å². The van der Waals surface area contributed by atoms with E-state index >= 15 is 0 Å². The number of carbonyl (C=O) groups excluding carboxylic acids is 1. The minimum Gasteiger partial charge on any atom is -0.465 e. The zero-order valence-electron chi connectivity index (χ0n) is 11.8. The molecule has 0 radical (unpaired) electrons. The van der Waals surface area contributed by atoms with Crippen LogP contribution in [0.1, 0.15) is 10.4 Å². The Balaban J connectivity index is 1.80. The lowest BCUT2D eigenvalue weighted by atomic mass is 10.2. The van der Waals surface area contributed by atoms with Crippen LogP contribution in [0.5, 0.6) is 0 Å². The van der Waals surface area contributed by atoms with Gasteiger partial charge >= 0.3 is 5.97 Å². The van der Waals surface area contributed by atoms with Crippen LogP contribution >= 0.6 is 11.3 Å². The van der Waals surface area contributed by atoms with E-state index in [-0.39, 0.29) is 5.97 Å². The van der Waals surface area contributed by atoms with Gasteiger partial charge in [-0.05, 0) is 30.3 Å². The van der Waals surface area contributed by atoms with Crippen molar-refractivity contribution in [2.24, 2.45) is 0 Å². The van der Waals surface area contributed by atoms with Crippen molar-refractivity contribution in [2.45, 2.75) is 0 Å². The summed E-state index contributed by atoms with van der Waals surface area (Å²) in [5.74, 6) is -0.362. The van der Waals surface area contributed by atoms with Gasteiger partial charge < -0.3 is 10.1 Å². The van der Waals surface area contributed by atoms with Crippen LogP contribution in [-0.2, 0) is 4.74 Å². The summed E-state index contributed by atoms with van der Waals surface area (Å²) in [6, 6.07) is 10.9. The highest BCUT2D eigenvalue weighted by Crippen LogP contribution is 2.26. The summed E-state index contributed by atoms with van der Waals surface area (Å²) in [7, 11) is 1.36. The fourth-order valence-corrected chi connectivity index (χ4v) is 2.68. The molecule has 2 heterocycles. The van der Waals surface area contributed by atoms with Gasteiger partial charge in [0.05, 0.1) is 18.4 Å². The van der Waals surface area contributed by atoms with E-state index in [0.29, 0.717) is 5.56 Å². The van der Waals surface area contributed by atoms with E-state index in [2.05, 4.69) is 15.3 Å². The van der Waals surface area contributed by atoms with E-state index in [1.807, 2.05) is 23.6 Å². The molecule has 0 aliphatic rings. The number of anilines is 2. The summed E-state index contributed by atoms with van der Waals surface area (Å²) >= 11 is 1.49.